The van der Waals surface area contributed by atoms with Crippen molar-refractivity contribution >= 4 is 27.1 Å². The van der Waals surface area contributed by atoms with E-state index in [4.69, 9.17) is 4.98 Å². The van der Waals surface area contributed by atoms with E-state index in [1.54, 1.807) is 11.3 Å². The summed E-state index contributed by atoms with van der Waals surface area (Å²) in [5, 5.41) is 1.10. The molecule has 20 heavy (non-hydrogen) atoms. The SMILES string of the molecule is CCC=C(C)c1ccccc1-c1nc2ccccc2s1. The predicted octanol–water partition coefficient (Wildman–Crippen LogP) is 5.78. The maximum absolute atomic E-state index is 4.78. The minimum atomic E-state index is 1.06. The van der Waals surface area contributed by atoms with Crippen molar-refractivity contribution in [2.24, 2.45) is 0 Å². The van der Waals surface area contributed by atoms with Crippen LogP contribution in [-0.2, 0) is 0 Å². The summed E-state index contributed by atoms with van der Waals surface area (Å²) in [7, 11) is 0. The van der Waals surface area contributed by atoms with E-state index in [0.29, 0.717) is 0 Å². The first kappa shape index (κ1) is 13.1. The predicted molar refractivity (Wildman–Crippen MR) is 89.0 cm³/mol. The second kappa shape index (κ2) is 5.59. The van der Waals surface area contributed by atoms with E-state index in [9.17, 15) is 0 Å². The molecule has 1 aromatic heterocycles. The van der Waals surface area contributed by atoms with Crippen LogP contribution in [0.15, 0.2) is 54.6 Å². The molecular formula is C18H17NS. The van der Waals surface area contributed by atoms with Crippen LogP contribution in [0.2, 0.25) is 0 Å². The molecule has 0 unspecified atom stereocenters. The number of benzene rings is 2. The third kappa shape index (κ3) is 2.39. The van der Waals surface area contributed by atoms with Gasteiger partial charge in [0, 0.05) is 5.56 Å². The van der Waals surface area contributed by atoms with Crippen molar-refractivity contribution in [3.8, 4) is 10.6 Å². The average Bonchev–Trinajstić information content (AvgIpc) is 2.91. The monoisotopic (exact) mass is 279 g/mol. The molecule has 2 aromatic carbocycles. The molecule has 0 saturated carbocycles. The van der Waals surface area contributed by atoms with Crippen LogP contribution in [0.5, 0.6) is 0 Å². The van der Waals surface area contributed by atoms with E-state index in [0.717, 1.165) is 16.9 Å². The molecule has 3 rings (SSSR count). The Kier molecular flexibility index (Phi) is 3.66. The van der Waals surface area contributed by atoms with Gasteiger partial charge >= 0.3 is 0 Å². The minimum Gasteiger partial charge on any atom is -0.236 e. The van der Waals surface area contributed by atoms with Gasteiger partial charge in [0.1, 0.15) is 5.01 Å². The first-order chi connectivity index (χ1) is 9.79. The zero-order valence-electron chi connectivity index (χ0n) is 11.8. The Labute approximate surface area is 123 Å². The number of nitrogens with zero attached hydrogens (tertiary/aromatic N) is 1. The molecule has 0 saturated heterocycles. The van der Waals surface area contributed by atoms with Gasteiger partial charge in [0.15, 0.2) is 0 Å². The number of para-hydroxylation sites is 1. The van der Waals surface area contributed by atoms with Gasteiger partial charge < -0.3 is 0 Å². The molecule has 1 nitrogen and oxygen atoms in total. The van der Waals surface area contributed by atoms with Crippen LogP contribution in [0.3, 0.4) is 0 Å². The van der Waals surface area contributed by atoms with Gasteiger partial charge in [-0.15, -0.1) is 11.3 Å². The number of fused-ring (bicyclic) bond motifs is 1. The fourth-order valence-corrected chi connectivity index (χ4v) is 3.42. The first-order valence-corrected chi connectivity index (χ1v) is 7.73. The number of aromatic nitrogens is 1. The maximum Gasteiger partial charge on any atom is 0.125 e. The summed E-state index contributed by atoms with van der Waals surface area (Å²) < 4.78 is 1.24. The fraction of sp³-hybridized carbons (Fsp3) is 0.167. The summed E-state index contributed by atoms with van der Waals surface area (Å²) >= 11 is 1.76. The van der Waals surface area contributed by atoms with Crippen LogP contribution in [0.25, 0.3) is 26.4 Å². The highest BCUT2D eigenvalue weighted by molar-refractivity contribution is 7.21. The second-order valence-electron chi connectivity index (χ2n) is 4.83. The lowest BCUT2D eigenvalue weighted by Crippen LogP contribution is -1.86. The lowest BCUT2D eigenvalue weighted by molar-refractivity contribution is 1.22. The largest absolute Gasteiger partial charge is 0.236 e. The molecule has 2 heteroatoms. The van der Waals surface area contributed by atoms with Crippen molar-refractivity contribution in [2.75, 3.05) is 0 Å². The summed E-state index contributed by atoms with van der Waals surface area (Å²) in [4.78, 5) is 4.78. The molecule has 0 bridgehead atoms. The zero-order chi connectivity index (χ0) is 13.9. The normalized spacial score (nSPS) is 12.0. The van der Waals surface area contributed by atoms with Crippen molar-refractivity contribution in [3.05, 3.63) is 60.2 Å². The lowest BCUT2D eigenvalue weighted by atomic mass is 10.0. The molecule has 3 aromatic rings. The topological polar surface area (TPSA) is 12.9 Å². The second-order valence-corrected chi connectivity index (χ2v) is 5.86. The van der Waals surface area contributed by atoms with E-state index in [1.165, 1.54) is 21.4 Å². The Hall–Kier alpha value is -1.93. The van der Waals surface area contributed by atoms with Gasteiger partial charge in [-0.25, -0.2) is 4.98 Å². The van der Waals surface area contributed by atoms with Gasteiger partial charge in [-0.1, -0.05) is 49.4 Å². The fourth-order valence-electron chi connectivity index (χ4n) is 2.42. The van der Waals surface area contributed by atoms with Gasteiger partial charge in [-0.3, -0.25) is 0 Å². The molecule has 1 heterocycles. The van der Waals surface area contributed by atoms with E-state index in [-0.39, 0.29) is 0 Å². The molecule has 0 aliphatic heterocycles. The van der Waals surface area contributed by atoms with Gasteiger partial charge in [-0.05, 0) is 36.6 Å². The van der Waals surface area contributed by atoms with E-state index in [2.05, 4.69) is 62.4 Å². The summed E-state index contributed by atoms with van der Waals surface area (Å²) in [6.07, 6.45) is 3.33. The number of hydrogen-bond donors (Lipinski definition) is 0. The Balaban J connectivity index is 2.16. The third-order valence-corrected chi connectivity index (χ3v) is 4.46. The highest BCUT2D eigenvalue weighted by atomic mass is 32.1. The van der Waals surface area contributed by atoms with Gasteiger partial charge in [0.05, 0.1) is 10.2 Å². The van der Waals surface area contributed by atoms with Crippen LogP contribution in [0, 0.1) is 0 Å². The van der Waals surface area contributed by atoms with Crippen LogP contribution < -0.4 is 0 Å². The summed E-state index contributed by atoms with van der Waals surface area (Å²) in [6, 6.07) is 16.9. The third-order valence-electron chi connectivity index (χ3n) is 3.39. The van der Waals surface area contributed by atoms with Crippen molar-refractivity contribution in [2.45, 2.75) is 20.3 Å². The van der Waals surface area contributed by atoms with Crippen LogP contribution in [0.1, 0.15) is 25.8 Å². The molecular weight excluding hydrogens is 262 g/mol. The van der Waals surface area contributed by atoms with Gasteiger partial charge in [0.25, 0.3) is 0 Å². The maximum atomic E-state index is 4.78. The number of hydrogen-bond acceptors (Lipinski definition) is 2. The van der Waals surface area contributed by atoms with Crippen LogP contribution in [0.4, 0.5) is 0 Å². The molecule has 0 amide bonds. The Morgan fingerprint density at radius 3 is 2.65 bits per heavy atom. The highest BCUT2D eigenvalue weighted by Gasteiger charge is 2.10. The van der Waals surface area contributed by atoms with Crippen LogP contribution >= 0.6 is 11.3 Å². The van der Waals surface area contributed by atoms with Crippen LogP contribution in [-0.4, -0.2) is 4.98 Å². The van der Waals surface area contributed by atoms with Crippen molar-refractivity contribution < 1.29 is 0 Å². The minimum absolute atomic E-state index is 1.06. The van der Waals surface area contributed by atoms with Gasteiger partial charge in [0.2, 0.25) is 0 Å². The molecule has 100 valence electrons. The number of thiazole rings is 1. The first-order valence-electron chi connectivity index (χ1n) is 6.91. The summed E-state index contributed by atoms with van der Waals surface area (Å²) in [5.41, 5.74) is 4.92. The summed E-state index contributed by atoms with van der Waals surface area (Å²) in [6.45, 7) is 4.35. The Morgan fingerprint density at radius 1 is 1.10 bits per heavy atom. The zero-order valence-corrected chi connectivity index (χ0v) is 12.6. The molecule has 0 aliphatic rings. The molecule has 0 fully saturated rings. The van der Waals surface area contributed by atoms with Crippen molar-refractivity contribution in [1.82, 2.24) is 4.98 Å². The van der Waals surface area contributed by atoms with E-state index in [1.807, 2.05) is 6.07 Å². The average molecular weight is 279 g/mol. The smallest absolute Gasteiger partial charge is 0.125 e. The van der Waals surface area contributed by atoms with Gasteiger partial charge in [-0.2, -0.15) is 0 Å². The number of allylic oxidation sites excluding steroid dienone is 2. The van der Waals surface area contributed by atoms with Crippen molar-refractivity contribution in [3.63, 3.8) is 0 Å². The summed E-state index contributed by atoms with van der Waals surface area (Å²) in [5.74, 6) is 0. The molecule has 0 radical (unpaired) electrons. The highest BCUT2D eigenvalue weighted by Crippen LogP contribution is 2.34. The Morgan fingerprint density at radius 2 is 1.85 bits per heavy atom. The standard InChI is InChI=1S/C18H17NS/c1-3-8-13(2)14-9-4-5-10-15(14)18-19-16-11-6-7-12-17(16)20-18/h4-12H,3H2,1-2H3. The molecule has 0 N–H and O–H groups in total. The van der Waals surface area contributed by atoms with Crippen molar-refractivity contribution in [1.29, 1.82) is 0 Å². The molecule has 0 aliphatic carbocycles. The molecule has 0 spiro atoms. The van der Waals surface area contributed by atoms with E-state index >= 15 is 0 Å². The quantitative estimate of drug-likeness (QED) is 0.592. The lowest BCUT2D eigenvalue weighted by Gasteiger charge is -2.07. The van der Waals surface area contributed by atoms with E-state index < -0.39 is 0 Å². The molecule has 0 atom stereocenters. The number of rotatable bonds is 3. The Bertz CT molecular complexity index is 735.